The van der Waals surface area contributed by atoms with Crippen LogP contribution in [0.5, 0.6) is 0 Å². The van der Waals surface area contributed by atoms with Crippen molar-refractivity contribution in [2.24, 2.45) is 5.92 Å². The van der Waals surface area contributed by atoms with Gasteiger partial charge >= 0.3 is 18.0 Å². The third-order valence-electron chi connectivity index (χ3n) is 2.68. The molecule has 0 aliphatic carbocycles. The highest BCUT2D eigenvalue weighted by atomic mass is 16.6. The number of allylic oxidation sites excluding steroid dienone is 1. The van der Waals surface area contributed by atoms with Crippen molar-refractivity contribution in [1.82, 2.24) is 5.32 Å². The van der Waals surface area contributed by atoms with E-state index in [9.17, 15) is 14.4 Å². The van der Waals surface area contributed by atoms with Gasteiger partial charge in [-0.1, -0.05) is 6.08 Å². The third-order valence-corrected chi connectivity index (χ3v) is 2.68. The zero-order chi connectivity index (χ0) is 17.3. The first-order chi connectivity index (χ1) is 10.1. The van der Waals surface area contributed by atoms with Crippen molar-refractivity contribution in [2.75, 3.05) is 14.2 Å². The molecule has 0 aliphatic heterocycles. The number of methoxy groups -OCH3 is 2. The molecule has 0 saturated carbocycles. The second-order valence-corrected chi connectivity index (χ2v) is 5.70. The Morgan fingerprint density at radius 2 is 1.68 bits per heavy atom. The molecule has 22 heavy (non-hydrogen) atoms. The Bertz CT molecular complexity index is 413. The summed E-state index contributed by atoms with van der Waals surface area (Å²) in [5.74, 6) is -1.76. The quantitative estimate of drug-likeness (QED) is 0.438. The minimum absolute atomic E-state index is 0.0324. The van der Waals surface area contributed by atoms with Crippen LogP contribution in [0.15, 0.2) is 12.7 Å². The first-order valence-corrected chi connectivity index (χ1v) is 6.90. The van der Waals surface area contributed by atoms with Gasteiger partial charge in [0, 0.05) is 0 Å². The van der Waals surface area contributed by atoms with Crippen molar-refractivity contribution in [2.45, 2.75) is 45.3 Å². The van der Waals surface area contributed by atoms with Crippen LogP contribution in [0.4, 0.5) is 4.79 Å². The average Bonchev–Trinajstić information content (AvgIpc) is 2.42. The van der Waals surface area contributed by atoms with E-state index in [1.165, 1.54) is 14.2 Å². The minimum atomic E-state index is -1.01. The predicted octanol–water partition coefficient (Wildman–Crippen LogP) is 1.81. The summed E-state index contributed by atoms with van der Waals surface area (Å²) < 4.78 is 14.4. The zero-order valence-electron chi connectivity index (χ0n) is 13.8. The molecular formula is C15H25NO6. The molecule has 0 fully saturated rings. The Morgan fingerprint density at radius 3 is 2.09 bits per heavy atom. The highest BCUT2D eigenvalue weighted by molar-refractivity contribution is 5.82. The van der Waals surface area contributed by atoms with Crippen LogP contribution in [0, 0.1) is 5.92 Å². The Kier molecular flexibility index (Phi) is 8.22. The molecule has 0 saturated heterocycles. The van der Waals surface area contributed by atoms with Gasteiger partial charge in [0.25, 0.3) is 0 Å². The van der Waals surface area contributed by atoms with Crippen LogP contribution in [0.3, 0.4) is 0 Å². The van der Waals surface area contributed by atoms with Gasteiger partial charge in [0.05, 0.1) is 20.1 Å². The molecule has 1 amide bonds. The van der Waals surface area contributed by atoms with Gasteiger partial charge in [-0.25, -0.2) is 9.59 Å². The molecule has 0 bridgehead atoms. The molecule has 7 heteroatoms. The lowest BCUT2D eigenvalue weighted by molar-refractivity contribution is -0.148. The molecule has 0 spiro atoms. The number of hydrogen-bond acceptors (Lipinski definition) is 6. The lowest BCUT2D eigenvalue weighted by Gasteiger charge is -2.24. The van der Waals surface area contributed by atoms with Gasteiger partial charge < -0.3 is 19.5 Å². The topological polar surface area (TPSA) is 90.9 Å². The van der Waals surface area contributed by atoms with Gasteiger partial charge in [0.15, 0.2) is 0 Å². The molecule has 0 radical (unpaired) electrons. The van der Waals surface area contributed by atoms with Gasteiger partial charge in [-0.15, -0.1) is 6.58 Å². The van der Waals surface area contributed by atoms with Gasteiger partial charge in [-0.05, 0) is 33.6 Å². The molecule has 1 unspecified atom stereocenters. The fraction of sp³-hybridized carbons (Fsp3) is 0.667. The predicted molar refractivity (Wildman–Crippen MR) is 80.1 cm³/mol. The lowest BCUT2D eigenvalue weighted by atomic mass is 9.96. The Morgan fingerprint density at radius 1 is 1.14 bits per heavy atom. The van der Waals surface area contributed by atoms with E-state index in [1.54, 1.807) is 26.8 Å². The summed E-state index contributed by atoms with van der Waals surface area (Å²) in [6, 6.07) is -1.01. The van der Waals surface area contributed by atoms with Crippen molar-refractivity contribution >= 4 is 18.0 Å². The monoisotopic (exact) mass is 315 g/mol. The average molecular weight is 315 g/mol. The standard InChI is InChI=1S/C15H25NO6/c1-7-8-10(12(17)20-5)9-11(13(18)21-6)16-14(19)22-15(2,3)4/h7,10-11H,1,8-9H2,2-6H3,(H,16,19)/t10-,11?/m0/s1. The van der Waals surface area contributed by atoms with Crippen LogP contribution in [-0.4, -0.2) is 43.9 Å². The number of rotatable bonds is 7. The smallest absolute Gasteiger partial charge is 0.408 e. The Hall–Kier alpha value is -2.05. The molecular weight excluding hydrogens is 290 g/mol. The number of amides is 1. The molecule has 0 aliphatic rings. The van der Waals surface area contributed by atoms with E-state index in [0.717, 1.165) is 0 Å². The second kappa shape index (κ2) is 9.07. The molecule has 2 atom stereocenters. The molecule has 0 heterocycles. The van der Waals surface area contributed by atoms with E-state index in [4.69, 9.17) is 4.74 Å². The Labute approximate surface area is 131 Å². The van der Waals surface area contributed by atoms with E-state index < -0.39 is 35.6 Å². The number of esters is 2. The van der Waals surface area contributed by atoms with Crippen LogP contribution < -0.4 is 5.32 Å². The van der Waals surface area contributed by atoms with Crippen LogP contribution in [0.25, 0.3) is 0 Å². The second-order valence-electron chi connectivity index (χ2n) is 5.70. The van der Waals surface area contributed by atoms with Crippen LogP contribution >= 0.6 is 0 Å². The summed E-state index contributed by atoms with van der Waals surface area (Å²) in [6.45, 7) is 8.67. The summed E-state index contributed by atoms with van der Waals surface area (Å²) in [5.41, 5.74) is -0.701. The molecule has 7 nitrogen and oxygen atoms in total. The normalized spacial score (nSPS) is 13.5. The largest absolute Gasteiger partial charge is 0.469 e. The highest BCUT2D eigenvalue weighted by Crippen LogP contribution is 2.16. The van der Waals surface area contributed by atoms with Crippen LogP contribution in [0.1, 0.15) is 33.6 Å². The van der Waals surface area contributed by atoms with Gasteiger partial charge in [0.2, 0.25) is 0 Å². The first kappa shape index (κ1) is 19.9. The minimum Gasteiger partial charge on any atom is -0.469 e. The number of hydrogen-bond donors (Lipinski definition) is 1. The summed E-state index contributed by atoms with van der Waals surface area (Å²) in [6.07, 6.45) is 1.13. The fourth-order valence-corrected chi connectivity index (χ4v) is 1.75. The highest BCUT2D eigenvalue weighted by Gasteiger charge is 2.30. The van der Waals surface area contributed by atoms with Crippen LogP contribution in [-0.2, 0) is 23.8 Å². The maximum atomic E-state index is 11.8. The van der Waals surface area contributed by atoms with E-state index in [1.807, 2.05) is 0 Å². The van der Waals surface area contributed by atoms with E-state index >= 15 is 0 Å². The van der Waals surface area contributed by atoms with Gasteiger partial charge in [0.1, 0.15) is 11.6 Å². The number of carbonyl (C=O) groups is 3. The fourth-order valence-electron chi connectivity index (χ4n) is 1.75. The summed E-state index contributed by atoms with van der Waals surface area (Å²) in [7, 11) is 2.46. The van der Waals surface area contributed by atoms with Gasteiger partial charge in [-0.2, -0.15) is 0 Å². The maximum absolute atomic E-state index is 11.8. The summed E-state index contributed by atoms with van der Waals surface area (Å²) >= 11 is 0. The number of nitrogens with one attached hydrogen (secondary N) is 1. The first-order valence-electron chi connectivity index (χ1n) is 6.90. The van der Waals surface area contributed by atoms with Crippen molar-refractivity contribution in [3.63, 3.8) is 0 Å². The number of carbonyl (C=O) groups excluding carboxylic acids is 3. The molecule has 126 valence electrons. The van der Waals surface area contributed by atoms with Crippen molar-refractivity contribution < 1.29 is 28.6 Å². The number of ether oxygens (including phenoxy) is 3. The summed E-state index contributed by atoms with van der Waals surface area (Å²) in [5, 5.41) is 2.41. The SMILES string of the molecule is C=CC[C@@H](CC(NC(=O)OC(C)(C)C)C(=O)OC)C(=O)OC. The molecule has 0 aromatic carbocycles. The maximum Gasteiger partial charge on any atom is 0.408 e. The van der Waals surface area contributed by atoms with Crippen molar-refractivity contribution in [3.8, 4) is 0 Å². The van der Waals surface area contributed by atoms with Crippen molar-refractivity contribution in [3.05, 3.63) is 12.7 Å². The van der Waals surface area contributed by atoms with Gasteiger partial charge in [-0.3, -0.25) is 4.79 Å². The molecule has 0 rings (SSSR count). The van der Waals surface area contributed by atoms with E-state index in [-0.39, 0.29) is 6.42 Å². The molecule has 0 aromatic heterocycles. The lowest BCUT2D eigenvalue weighted by Crippen LogP contribution is -2.45. The molecule has 1 N–H and O–H groups in total. The van der Waals surface area contributed by atoms with E-state index in [0.29, 0.717) is 6.42 Å². The number of alkyl carbamates (subject to hydrolysis) is 1. The Balaban J connectivity index is 4.96. The molecule has 0 aromatic rings. The summed E-state index contributed by atoms with van der Waals surface area (Å²) in [4.78, 5) is 35.3. The van der Waals surface area contributed by atoms with Crippen molar-refractivity contribution in [1.29, 1.82) is 0 Å². The van der Waals surface area contributed by atoms with E-state index in [2.05, 4.69) is 21.4 Å². The third kappa shape index (κ3) is 7.66. The van der Waals surface area contributed by atoms with Crippen LogP contribution in [0.2, 0.25) is 0 Å². The zero-order valence-corrected chi connectivity index (χ0v) is 13.8.